The molecule has 1 N–H and O–H groups in total. The van der Waals surface area contributed by atoms with Crippen LogP contribution in [0.25, 0.3) is 0 Å². The number of benzene rings is 2. The van der Waals surface area contributed by atoms with Gasteiger partial charge in [-0.3, -0.25) is 4.79 Å². The first-order valence-electron chi connectivity index (χ1n) is 14.1. The Labute approximate surface area is 267 Å². The molecular weight excluding hydrogens is 638 g/mol. The van der Waals surface area contributed by atoms with Crippen molar-refractivity contribution in [3.05, 3.63) is 89.8 Å². The van der Waals surface area contributed by atoms with Crippen LogP contribution in [0.5, 0.6) is 5.75 Å². The molecule has 0 saturated carbocycles. The molecule has 238 valence electrons. The van der Waals surface area contributed by atoms with Crippen LogP contribution in [0.2, 0.25) is 5.02 Å². The van der Waals surface area contributed by atoms with Gasteiger partial charge >= 0.3 is 16.6 Å². The second kappa shape index (κ2) is 15.0. The molecule has 3 atom stereocenters. The molecule has 0 radical (unpaired) electrons. The van der Waals surface area contributed by atoms with Gasteiger partial charge in [0.15, 0.2) is 5.75 Å². The van der Waals surface area contributed by atoms with E-state index in [2.05, 4.69) is 37.2 Å². The number of carbonyl (C=O) groups is 1. The number of carbonyl (C=O) groups excluding carboxylic acids is 1. The third-order valence-corrected chi connectivity index (χ3v) is 9.16. The number of rotatable bonds is 7. The van der Waals surface area contributed by atoms with E-state index in [-0.39, 0.29) is 34.3 Å². The Kier molecular flexibility index (Phi) is 11.6. The van der Waals surface area contributed by atoms with E-state index >= 15 is 0 Å². The van der Waals surface area contributed by atoms with Crippen molar-refractivity contribution in [2.75, 3.05) is 31.1 Å². The number of allylic oxidation sites excluding steroid dienone is 4. The van der Waals surface area contributed by atoms with Gasteiger partial charge in [0, 0.05) is 30.1 Å². The molecule has 0 spiro atoms. The molecule has 5 rings (SSSR count). The van der Waals surface area contributed by atoms with Crippen molar-refractivity contribution in [1.82, 2.24) is 10.2 Å². The number of likely N-dealkylation sites (tertiary alicyclic amines) is 1. The first-order chi connectivity index (χ1) is 20.9. The minimum atomic E-state index is -5.02. The van der Waals surface area contributed by atoms with E-state index in [1.165, 1.54) is 36.6 Å². The SMILES string of the molecule is C=C/C=C(\C=C)C1CCNCC1.O=C(c1ccc(F)cc1Cl)N1CC2CCC(C1)N2c1cc(S)ccc1OS(=O)C(F)(F)F. The zero-order valence-corrected chi connectivity index (χ0v) is 26.3. The predicted octanol–water partition coefficient (Wildman–Crippen LogP) is 7.11. The first kappa shape index (κ1) is 34.1. The molecule has 6 nitrogen and oxygen atoms in total. The summed E-state index contributed by atoms with van der Waals surface area (Å²) in [4.78, 5) is 17.0. The smallest absolute Gasteiger partial charge is 0.392 e. The van der Waals surface area contributed by atoms with Gasteiger partial charge in [-0.1, -0.05) is 43.0 Å². The molecule has 2 aromatic carbocycles. The van der Waals surface area contributed by atoms with E-state index in [0.717, 1.165) is 25.2 Å². The lowest BCUT2D eigenvalue weighted by Crippen LogP contribution is -2.55. The standard InChI is InChI=1S/C20H17ClF4N2O3S2.C11H17N/c21-16-7-11(22)1-5-15(16)19(28)26-9-12-2-3-13(10-26)27(12)17-8-14(31)4-6-18(17)30-32(29)20(23,24)25;1-3-5-10(4-2)11-6-8-12-9-7-11/h1,4-8,12-13,31H,2-3,9-10H2;3-5,11-12H,1-2,6-9H2/b;10-5+. The van der Waals surface area contributed by atoms with Gasteiger partial charge in [0.25, 0.3) is 5.91 Å². The molecule has 1 amide bonds. The average molecular weight is 672 g/mol. The predicted molar refractivity (Wildman–Crippen MR) is 169 cm³/mol. The molecule has 2 bridgehead atoms. The van der Waals surface area contributed by atoms with E-state index in [9.17, 15) is 26.6 Å². The lowest BCUT2D eigenvalue weighted by molar-refractivity contribution is -0.0437. The van der Waals surface area contributed by atoms with E-state index in [0.29, 0.717) is 42.4 Å². The van der Waals surface area contributed by atoms with Crippen LogP contribution in [0.3, 0.4) is 0 Å². The minimum Gasteiger partial charge on any atom is -0.392 e. The molecule has 0 aliphatic carbocycles. The number of piperidine rings is 1. The van der Waals surface area contributed by atoms with Crippen LogP contribution >= 0.6 is 24.2 Å². The highest BCUT2D eigenvalue weighted by Crippen LogP contribution is 2.42. The summed E-state index contributed by atoms with van der Waals surface area (Å²) in [6.45, 7) is 10.4. The maximum absolute atomic E-state index is 13.3. The number of alkyl halides is 3. The van der Waals surface area contributed by atoms with E-state index in [1.54, 1.807) is 11.0 Å². The molecule has 13 heteroatoms. The molecule has 3 unspecified atom stereocenters. The summed E-state index contributed by atoms with van der Waals surface area (Å²) in [7, 11) is 0. The van der Waals surface area contributed by atoms with Gasteiger partial charge in [0.05, 0.1) is 16.3 Å². The van der Waals surface area contributed by atoms with Gasteiger partial charge in [-0.05, 0) is 86.7 Å². The normalized spacial score (nSPS) is 21.3. The number of fused-ring (bicyclic) bond motifs is 2. The number of hydrogen-bond acceptors (Lipinski definition) is 6. The van der Waals surface area contributed by atoms with Crippen LogP contribution < -0.4 is 14.4 Å². The summed E-state index contributed by atoms with van der Waals surface area (Å²) < 4.78 is 67.9. The summed E-state index contributed by atoms with van der Waals surface area (Å²) in [6.07, 6.45) is 9.73. The highest BCUT2D eigenvalue weighted by molar-refractivity contribution is 7.81. The van der Waals surface area contributed by atoms with Crippen LogP contribution in [0.1, 0.15) is 36.0 Å². The Balaban J connectivity index is 0.000000309. The molecule has 3 saturated heterocycles. The van der Waals surface area contributed by atoms with Gasteiger partial charge < -0.3 is 19.3 Å². The van der Waals surface area contributed by atoms with E-state index in [4.69, 9.17) is 15.8 Å². The second-order valence-electron chi connectivity index (χ2n) is 10.7. The Morgan fingerprint density at radius 2 is 1.73 bits per heavy atom. The summed E-state index contributed by atoms with van der Waals surface area (Å²) in [5.74, 6) is -0.366. The average Bonchev–Trinajstić information content (AvgIpc) is 3.25. The molecule has 0 aromatic heterocycles. The van der Waals surface area contributed by atoms with Crippen molar-refractivity contribution < 1.29 is 30.7 Å². The lowest BCUT2D eigenvalue weighted by Gasteiger charge is -2.43. The molecular formula is C31H34ClF4N3O3S2. The number of hydrogen-bond donors (Lipinski definition) is 2. The fourth-order valence-electron chi connectivity index (χ4n) is 5.86. The van der Waals surface area contributed by atoms with Gasteiger partial charge in [0.2, 0.25) is 0 Å². The van der Waals surface area contributed by atoms with Crippen molar-refractivity contribution in [3.8, 4) is 5.75 Å². The number of piperazine rings is 1. The number of nitrogens with one attached hydrogen (secondary N) is 1. The summed E-state index contributed by atoms with van der Waals surface area (Å²) in [5.41, 5.74) is -3.15. The maximum atomic E-state index is 13.3. The fourth-order valence-corrected chi connectivity index (χ4v) is 6.71. The van der Waals surface area contributed by atoms with Crippen molar-refractivity contribution in [3.63, 3.8) is 0 Å². The Morgan fingerprint density at radius 1 is 1.07 bits per heavy atom. The number of thiol groups is 1. The van der Waals surface area contributed by atoms with Gasteiger partial charge in [-0.15, -0.1) is 12.6 Å². The Morgan fingerprint density at radius 3 is 2.30 bits per heavy atom. The highest BCUT2D eigenvalue weighted by atomic mass is 35.5. The maximum Gasteiger partial charge on any atom is 0.508 e. The minimum absolute atomic E-state index is 0.0119. The number of halogens is 5. The molecule has 3 aliphatic rings. The third kappa shape index (κ3) is 8.26. The van der Waals surface area contributed by atoms with Crippen LogP contribution in [0.15, 0.2) is 78.3 Å². The van der Waals surface area contributed by atoms with Crippen molar-refractivity contribution in [1.29, 1.82) is 0 Å². The number of anilines is 1. The highest BCUT2D eigenvalue weighted by Gasteiger charge is 2.44. The monoisotopic (exact) mass is 671 g/mol. The quantitative estimate of drug-likeness (QED) is 0.187. The molecule has 3 aliphatic heterocycles. The van der Waals surface area contributed by atoms with Crippen molar-refractivity contribution in [2.24, 2.45) is 5.92 Å². The van der Waals surface area contributed by atoms with E-state index in [1.807, 2.05) is 17.1 Å². The molecule has 44 heavy (non-hydrogen) atoms. The van der Waals surface area contributed by atoms with Crippen LogP contribution in [-0.4, -0.2) is 58.8 Å². The van der Waals surface area contributed by atoms with Gasteiger partial charge in [-0.25, -0.2) is 8.60 Å². The Hall–Kier alpha value is -2.80. The van der Waals surface area contributed by atoms with Crippen LogP contribution in [-0.2, 0) is 11.1 Å². The fraction of sp³-hybridized carbons (Fsp3) is 0.387. The van der Waals surface area contributed by atoms with Gasteiger partial charge in [-0.2, -0.15) is 13.2 Å². The zero-order chi connectivity index (χ0) is 32.0. The van der Waals surface area contributed by atoms with Crippen molar-refractivity contribution >= 4 is 46.9 Å². The lowest BCUT2D eigenvalue weighted by atomic mass is 9.90. The summed E-state index contributed by atoms with van der Waals surface area (Å²) in [6, 6.07) is 7.48. The number of amides is 1. The summed E-state index contributed by atoms with van der Waals surface area (Å²) >= 11 is 6.79. The topological polar surface area (TPSA) is 61.9 Å². The second-order valence-corrected chi connectivity index (χ2v) is 12.7. The van der Waals surface area contributed by atoms with Gasteiger partial charge in [0.1, 0.15) is 5.82 Å². The molecule has 3 fully saturated rings. The largest absolute Gasteiger partial charge is 0.508 e. The number of nitrogens with zero attached hydrogens (tertiary/aromatic N) is 2. The molecule has 2 aromatic rings. The van der Waals surface area contributed by atoms with Crippen molar-refractivity contribution in [2.45, 2.75) is 48.2 Å². The zero-order valence-electron chi connectivity index (χ0n) is 23.9. The summed E-state index contributed by atoms with van der Waals surface area (Å²) in [5, 5.41) is 3.36. The Bertz CT molecular complexity index is 1420. The van der Waals surface area contributed by atoms with Crippen LogP contribution in [0, 0.1) is 11.7 Å². The molecule has 3 heterocycles. The van der Waals surface area contributed by atoms with E-state index < -0.39 is 22.4 Å². The first-order valence-corrected chi connectivity index (χ1v) is 16.0. The third-order valence-electron chi connectivity index (χ3n) is 7.86. The van der Waals surface area contributed by atoms with Crippen LogP contribution in [0.4, 0.5) is 23.2 Å².